The first-order valence-corrected chi connectivity index (χ1v) is 6.84. The molecular weight excluding hydrogens is 446 g/mol. The number of hydrogen-bond donors (Lipinski definition) is 4. The molecule has 0 fully saturated rings. The average molecular weight is 462 g/mol. The Hall–Kier alpha value is -4.14. The summed E-state index contributed by atoms with van der Waals surface area (Å²) in [5.74, 6) is 0. The minimum Gasteiger partial charge on any atom is -0.356 e. The van der Waals surface area contributed by atoms with Gasteiger partial charge in [0.05, 0.1) is 10.2 Å². The Labute approximate surface area is 175 Å². The molecule has 4 aromatic rings. The third-order valence-electron chi connectivity index (χ3n) is 1.62. The van der Waals surface area contributed by atoms with Crippen LogP contribution < -0.4 is 0 Å². The maximum atomic E-state index is 8.25. The Bertz CT molecular complexity index is 528. The molecule has 16 nitrogen and oxygen atoms in total. The van der Waals surface area contributed by atoms with Crippen LogP contribution in [0.2, 0.25) is 0 Å². The molecule has 0 spiro atoms. The molecule has 0 aliphatic rings. The standard InChI is InChI=1S/4C3H4N2.2NO3.Zn/c4*1-2-4-5-3-1;2*2-1(3)4;/h4*1-3H,(H,4,5);;;/q;;;;2*-1;+2. The summed E-state index contributed by atoms with van der Waals surface area (Å²) in [6.07, 6.45) is 13.8. The van der Waals surface area contributed by atoms with E-state index in [0.29, 0.717) is 0 Å². The number of H-pyrrole nitrogens is 4. The fourth-order valence-electron chi connectivity index (χ4n) is 0.861. The molecule has 0 amide bonds. The van der Waals surface area contributed by atoms with Crippen LogP contribution in [0.25, 0.3) is 0 Å². The van der Waals surface area contributed by atoms with E-state index in [1.54, 1.807) is 49.6 Å². The third kappa shape index (κ3) is 45.3. The van der Waals surface area contributed by atoms with Crippen molar-refractivity contribution in [2.24, 2.45) is 0 Å². The Balaban J connectivity index is -0.000000279. The van der Waals surface area contributed by atoms with Crippen molar-refractivity contribution in [1.82, 2.24) is 40.8 Å². The van der Waals surface area contributed by atoms with Crippen LogP contribution in [0, 0.1) is 30.6 Å². The first-order valence-electron chi connectivity index (χ1n) is 6.84. The molecule has 0 aliphatic heterocycles. The maximum Gasteiger partial charge on any atom is 2.00 e. The van der Waals surface area contributed by atoms with Gasteiger partial charge in [0.1, 0.15) is 0 Å². The Morgan fingerprint density at radius 3 is 0.724 bits per heavy atom. The van der Waals surface area contributed by atoms with Gasteiger partial charge in [0.15, 0.2) is 0 Å². The van der Waals surface area contributed by atoms with Crippen LogP contribution in [0.5, 0.6) is 0 Å². The van der Waals surface area contributed by atoms with Crippen LogP contribution in [0.4, 0.5) is 0 Å². The normalized spacial score (nSPS) is 7.17. The monoisotopic (exact) mass is 460 g/mol. The molecule has 0 aliphatic carbocycles. The van der Waals surface area contributed by atoms with Gasteiger partial charge in [-0.2, -0.15) is 20.4 Å². The zero-order valence-corrected chi connectivity index (χ0v) is 17.7. The molecule has 0 saturated carbocycles. The predicted molar refractivity (Wildman–Crippen MR) is 95.1 cm³/mol. The molecule has 4 heterocycles. The summed E-state index contributed by atoms with van der Waals surface area (Å²) in [6.45, 7) is 0. The van der Waals surface area contributed by atoms with Crippen molar-refractivity contribution in [2.45, 2.75) is 0 Å². The quantitative estimate of drug-likeness (QED) is 0.165. The van der Waals surface area contributed by atoms with Crippen LogP contribution in [0.15, 0.2) is 73.8 Å². The minimum atomic E-state index is -1.75. The molecule has 4 rings (SSSR count). The summed E-state index contributed by atoms with van der Waals surface area (Å²) in [6, 6.07) is 7.33. The van der Waals surface area contributed by atoms with Crippen molar-refractivity contribution in [2.75, 3.05) is 0 Å². The van der Waals surface area contributed by atoms with E-state index in [1.165, 1.54) is 0 Å². The van der Waals surface area contributed by atoms with Gasteiger partial charge in [-0.15, -0.1) is 0 Å². The largest absolute Gasteiger partial charge is 2.00 e. The molecule has 29 heavy (non-hydrogen) atoms. The van der Waals surface area contributed by atoms with Gasteiger partial charge in [-0.05, 0) is 24.3 Å². The van der Waals surface area contributed by atoms with Crippen molar-refractivity contribution < 1.29 is 29.7 Å². The maximum absolute atomic E-state index is 8.25. The molecule has 0 unspecified atom stereocenters. The van der Waals surface area contributed by atoms with Crippen LogP contribution in [-0.2, 0) is 19.5 Å². The summed E-state index contributed by atoms with van der Waals surface area (Å²) < 4.78 is 0. The fourth-order valence-corrected chi connectivity index (χ4v) is 0.861. The fraction of sp³-hybridized carbons (Fsp3) is 0. The second kappa shape index (κ2) is 26.1. The molecule has 0 atom stereocenters. The molecule has 0 radical (unpaired) electrons. The van der Waals surface area contributed by atoms with Crippen molar-refractivity contribution in [3.63, 3.8) is 0 Å². The first-order chi connectivity index (χ1) is 13.5. The van der Waals surface area contributed by atoms with Gasteiger partial charge >= 0.3 is 19.5 Å². The predicted octanol–water partition coefficient (Wildman–Crippen LogP) is 1.16. The number of rotatable bonds is 0. The van der Waals surface area contributed by atoms with Gasteiger partial charge in [0.2, 0.25) is 0 Å². The molecule has 0 bridgehead atoms. The number of hydrogen-bond acceptors (Lipinski definition) is 10. The second-order valence-electron chi connectivity index (χ2n) is 3.51. The van der Waals surface area contributed by atoms with Crippen LogP contribution in [-0.4, -0.2) is 51.0 Å². The third-order valence-corrected chi connectivity index (χ3v) is 1.62. The average Bonchev–Trinajstić information content (AvgIpc) is 3.52. The summed E-state index contributed by atoms with van der Waals surface area (Å²) in [5, 5.41) is 54.3. The van der Waals surface area contributed by atoms with E-state index in [2.05, 4.69) is 40.8 Å². The van der Waals surface area contributed by atoms with Gasteiger partial charge in [0, 0.05) is 49.6 Å². The smallest absolute Gasteiger partial charge is 0.356 e. The van der Waals surface area contributed by atoms with Crippen molar-refractivity contribution in [1.29, 1.82) is 0 Å². The molecule has 0 saturated heterocycles. The Morgan fingerprint density at radius 1 is 0.517 bits per heavy atom. The summed E-state index contributed by atoms with van der Waals surface area (Å²) in [7, 11) is 0. The SMILES string of the molecule is O=[N+]([O-])[O-].O=[N+]([O-])[O-].[Zn+2].c1cn[nH]c1.c1cn[nH]c1.c1cn[nH]c1.c1cn[nH]c1. The molecule has 17 heteroatoms. The van der Waals surface area contributed by atoms with E-state index < -0.39 is 10.2 Å². The van der Waals surface area contributed by atoms with Crippen molar-refractivity contribution in [3.8, 4) is 0 Å². The molecule has 4 aromatic heterocycles. The van der Waals surface area contributed by atoms with Crippen LogP contribution in [0.3, 0.4) is 0 Å². The Kier molecular flexibility index (Phi) is 26.7. The summed E-state index contributed by atoms with van der Waals surface area (Å²) >= 11 is 0. The second-order valence-corrected chi connectivity index (χ2v) is 3.51. The first kappa shape index (κ1) is 29.6. The number of aromatic nitrogens is 8. The van der Waals surface area contributed by atoms with E-state index in [4.69, 9.17) is 30.6 Å². The topological polar surface area (TPSA) is 247 Å². The zero-order chi connectivity index (χ0) is 21.3. The van der Waals surface area contributed by atoms with Crippen molar-refractivity contribution >= 4 is 0 Å². The molecule has 0 aromatic carbocycles. The molecule has 4 N–H and O–H groups in total. The van der Waals surface area contributed by atoms with Gasteiger partial charge in [-0.3, -0.25) is 20.4 Å². The Morgan fingerprint density at radius 2 is 0.690 bits per heavy atom. The van der Waals surface area contributed by atoms with Crippen LogP contribution in [0.1, 0.15) is 0 Å². The van der Waals surface area contributed by atoms with Gasteiger partial charge < -0.3 is 30.6 Å². The summed E-state index contributed by atoms with van der Waals surface area (Å²) in [5.41, 5.74) is 0. The zero-order valence-electron chi connectivity index (χ0n) is 14.8. The van der Waals surface area contributed by atoms with E-state index >= 15 is 0 Å². The molecule has 152 valence electrons. The molecular formula is C12H16N10O6Zn. The summed E-state index contributed by atoms with van der Waals surface area (Å²) in [4.78, 5) is 16.5. The van der Waals surface area contributed by atoms with Crippen molar-refractivity contribution in [3.05, 3.63) is 104 Å². The van der Waals surface area contributed by atoms with Gasteiger partial charge in [-0.25, -0.2) is 0 Å². The van der Waals surface area contributed by atoms with E-state index in [0.717, 1.165) is 0 Å². The minimum absolute atomic E-state index is 0. The van der Waals surface area contributed by atoms with Gasteiger partial charge in [-0.1, -0.05) is 0 Å². The number of nitrogens with one attached hydrogen (secondary N) is 4. The van der Waals surface area contributed by atoms with E-state index in [9.17, 15) is 0 Å². The number of aromatic amines is 4. The van der Waals surface area contributed by atoms with E-state index in [-0.39, 0.29) is 19.5 Å². The van der Waals surface area contributed by atoms with Crippen LogP contribution >= 0.6 is 0 Å². The van der Waals surface area contributed by atoms with E-state index in [1.807, 2.05) is 24.3 Å². The number of nitrogens with zero attached hydrogens (tertiary/aromatic N) is 6. The van der Waals surface area contributed by atoms with Gasteiger partial charge in [0.25, 0.3) is 0 Å².